The molecule has 5 nitrogen and oxygen atoms in total. The monoisotopic (exact) mass is 385 g/mol. The van der Waals surface area contributed by atoms with E-state index in [1.807, 2.05) is 32.0 Å². The standard InChI is InChI=1S/C17H24BrNO4/c1-17(2)16(19-11-20)13(10-23-17)12-5-6-14(18)15(9-12)22-8-4-7-21-3/h5-6,9,11,13,16H,4,7-8,10H2,1-3H3,(H,19,20). The molecule has 0 spiro atoms. The summed E-state index contributed by atoms with van der Waals surface area (Å²) in [4.78, 5) is 10.9. The number of rotatable bonds is 8. The lowest BCUT2D eigenvalue weighted by molar-refractivity contribution is -0.111. The molecule has 1 saturated heterocycles. The van der Waals surface area contributed by atoms with E-state index in [1.54, 1.807) is 7.11 Å². The van der Waals surface area contributed by atoms with Crippen LogP contribution < -0.4 is 10.1 Å². The van der Waals surface area contributed by atoms with Gasteiger partial charge in [-0.05, 0) is 47.5 Å². The SMILES string of the molecule is COCCCOc1cc(C2COC(C)(C)C2NC=O)ccc1Br. The number of amides is 1. The van der Waals surface area contributed by atoms with Gasteiger partial charge in [0.15, 0.2) is 0 Å². The van der Waals surface area contributed by atoms with E-state index in [0.29, 0.717) is 19.8 Å². The van der Waals surface area contributed by atoms with Crippen molar-refractivity contribution >= 4 is 22.3 Å². The molecule has 0 bridgehead atoms. The van der Waals surface area contributed by atoms with Gasteiger partial charge in [0.2, 0.25) is 6.41 Å². The van der Waals surface area contributed by atoms with Crippen molar-refractivity contribution in [3.63, 3.8) is 0 Å². The number of carbonyl (C=O) groups excluding carboxylic acids is 1. The summed E-state index contributed by atoms with van der Waals surface area (Å²) in [5.74, 6) is 0.901. The molecule has 0 radical (unpaired) electrons. The van der Waals surface area contributed by atoms with Crippen LogP contribution in [0.4, 0.5) is 0 Å². The fourth-order valence-corrected chi connectivity index (χ4v) is 3.26. The molecular weight excluding hydrogens is 362 g/mol. The van der Waals surface area contributed by atoms with Crippen molar-refractivity contribution in [3.05, 3.63) is 28.2 Å². The van der Waals surface area contributed by atoms with Gasteiger partial charge < -0.3 is 19.5 Å². The Morgan fingerprint density at radius 2 is 2.22 bits per heavy atom. The van der Waals surface area contributed by atoms with Gasteiger partial charge in [0.1, 0.15) is 5.75 Å². The fraction of sp³-hybridized carbons (Fsp3) is 0.588. The molecule has 2 rings (SSSR count). The zero-order valence-electron chi connectivity index (χ0n) is 13.8. The summed E-state index contributed by atoms with van der Waals surface area (Å²) in [6.45, 7) is 5.83. The van der Waals surface area contributed by atoms with E-state index in [4.69, 9.17) is 14.2 Å². The van der Waals surface area contributed by atoms with Crippen molar-refractivity contribution in [3.8, 4) is 5.75 Å². The molecule has 0 aromatic heterocycles. The van der Waals surface area contributed by atoms with Gasteiger partial charge in [-0.25, -0.2) is 0 Å². The van der Waals surface area contributed by atoms with Gasteiger partial charge in [0.25, 0.3) is 0 Å². The normalized spacial score (nSPS) is 22.8. The summed E-state index contributed by atoms with van der Waals surface area (Å²) < 4.78 is 17.6. The van der Waals surface area contributed by atoms with Crippen LogP contribution in [0.2, 0.25) is 0 Å². The highest BCUT2D eigenvalue weighted by Gasteiger charge is 2.43. The molecular formula is C17H24BrNO4. The van der Waals surface area contributed by atoms with E-state index in [1.165, 1.54) is 0 Å². The summed E-state index contributed by atoms with van der Waals surface area (Å²) in [5, 5.41) is 2.90. The quantitative estimate of drug-likeness (QED) is 0.552. The average Bonchev–Trinajstić information content (AvgIpc) is 2.81. The van der Waals surface area contributed by atoms with E-state index < -0.39 is 5.60 Å². The first-order valence-electron chi connectivity index (χ1n) is 7.74. The molecule has 1 aliphatic rings. The van der Waals surface area contributed by atoms with Gasteiger partial charge >= 0.3 is 0 Å². The Bertz CT molecular complexity index is 535. The molecule has 6 heteroatoms. The van der Waals surface area contributed by atoms with E-state index in [0.717, 1.165) is 28.6 Å². The predicted molar refractivity (Wildman–Crippen MR) is 91.9 cm³/mol. The van der Waals surface area contributed by atoms with Crippen molar-refractivity contribution in [1.29, 1.82) is 0 Å². The number of halogens is 1. The van der Waals surface area contributed by atoms with Crippen LogP contribution >= 0.6 is 15.9 Å². The second-order valence-electron chi connectivity index (χ2n) is 6.17. The minimum Gasteiger partial charge on any atom is -0.492 e. The Hall–Kier alpha value is -1.11. The van der Waals surface area contributed by atoms with Crippen LogP contribution in [0, 0.1) is 0 Å². The van der Waals surface area contributed by atoms with Gasteiger partial charge in [0.05, 0.1) is 29.3 Å². The maximum absolute atomic E-state index is 10.9. The number of ether oxygens (including phenoxy) is 3. The van der Waals surface area contributed by atoms with Crippen LogP contribution in [0.25, 0.3) is 0 Å². The smallest absolute Gasteiger partial charge is 0.207 e. The lowest BCUT2D eigenvalue weighted by atomic mass is 9.86. The van der Waals surface area contributed by atoms with Gasteiger partial charge in [0, 0.05) is 26.1 Å². The Morgan fingerprint density at radius 3 is 2.91 bits per heavy atom. The van der Waals surface area contributed by atoms with E-state index in [-0.39, 0.29) is 12.0 Å². The molecule has 0 saturated carbocycles. The zero-order valence-corrected chi connectivity index (χ0v) is 15.4. The Balaban J connectivity index is 2.14. The highest BCUT2D eigenvalue weighted by atomic mass is 79.9. The van der Waals surface area contributed by atoms with Crippen LogP contribution in [0.1, 0.15) is 31.7 Å². The van der Waals surface area contributed by atoms with Crippen molar-refractivity contribution < 1.29 is 19.0 Å². The third-order valence-electron chi connectivity index (χ3n) is 4.17. The molecule has 23 heavy (non-hydrogen) atoms. The van der Waals surface area contributed by atoms with E-state index >= 15 is 0 Å². The topological polar surface area (TPSA) is 56.8 Å². The van der Waals surface area contributed by atoms with Crippen LogP contribution in [-0.2, 0) is 14.3 Å². The van der Waals surface area contributed by atoms with Crippen LogP contribution in [0.15, 0.2) is 22.7 Å². The molecule has 2 atom stereocenters. The van der Waals surface area contributed by atoms with Gasteiger partial charge in [-0.3, -0.25) is 4.79 Å². The van der Waals surface area contributed by atoms with Gasteiger partial charge in [-0.2, -0.15) is 0 Å². The van der Waals surface area contributed by atoms with Gasteiger partial charge in [-0.15, -0.1) is 0 Å². The number of carbonyl (C=O) groups is 1. The molecule has 0 aliphatic carbocycles. The summed E-state index contributed by atoms with van der Waals surface area (Å²) in [7, 11) is 1.68. The summed E-state index contributed by atoms with van der Waals surface area (Å²) in [6, 6.07) is 5.97. The van der Waals surface area contributed by atoms with Crippen molar-refractivity contribution in [2.45, 2.75) is 37.8 Å². The Kier molecular flexibility index (Phi) is 6.44. The van der Waals surface area contributed by atoms with Crippen molar-refractivity contribution in [2.24, 2.45) is 0 Å². The summed E-state index contributed by atoms with van der Waals surface area (Å²) >= 11 is 3.52. The minimum absolute atomic E-state index is 0.0671. The molecule has 1 aliphatic heterocycles. The third kappa shape index (κ3) is 4.46. The Morgan fingerprint density at radius 1 is 1.43 bits per heavy atom. The second-order valence-corrected chi connectivity index (χ2v) is 7.02. The maximum Gasteiger partial charge on any atom is 0.207 e. The highest BCUT2D eigenvalue weighted by molar-refractivity contribution is 9.10. The van der Waals surface area contributed by atoms with E-state index in [2.05, 4.69) is 21.2 Å². The highest BCUT2D eigenvalue weighted by Crippen LogP contribution is 2.38. The summed E-state index contributed by atoms with van der Waals surface area (Å²) in [5.41, 5.74) is 0.706. The third-order valence-corrected chi connectivity index (χ3v) is 4.82. The molecule has 1 N–H and O–H groups in total. The number of hydrogen-bond acceptors (Lipinski definition) is 4. The fourth-order valence-electron chi connectivity index (χ4n) is 2.90. The van der Waals surface area contributed by atoms with Crippen molar-refractivity contribution in [1.82, 2.24) is 5.32 Å². The molecule has 1 amide bonds. The first kappa shape index (κ1) is 18.2. The lowest BCUT2D eigenvalue weighted by Crippen LogP contribution is -2.45. The van der Waals surface area contributed by atoms with Crippen molar-refractivity contribution in [2.75, 3.05) is 26.9 Å². The molecule has 128 valence electrons. The molecule has 1 heterocycles. The maximum atomic E-state index is 10.9. The number of benzene rings is 1. The van der Waals surface area contributed by atoms with Crippen LogP contribution in [-0.4, -0.2) is 45.0 Å². The Labute approximate surface area is 145 Å². The number of hydrogen-bond donors (Lipinski definition) is 1. The molecule has 1 aromatic carbocycles. The van der Waals surface area contributed by atoms with Gasteiger partial charge in [-0.1, -0.05) is 6.07 Å². The zero-order chi connectivity index (χ0) is 16.9. The molecule has 2 unspecified atom stereocenters. The van der Waals surface area contributed by atoms with Crippen LogP contribution in [0.3, 0.4) is 0 Å². The largest absolute Gasteiger partial charge is 0.492 e. The molecule has 1 fully saturated rings. The number of methoxy groups -OCH3 is 1. The lowest BCUT2D eigenvalue weighted by Gasteiger charge is -2.28. The molecule has 1 aromatic rings. The van der Waals surface area contributed by atoms with Crippen LogP contribution in [0.5, 0.6) is 5.75 Å². The minimum atomic E-state index is -0.391. The first-order valence-corrected chi connectivity index (χ1v) is 8.53. The average molecular weight is 386 g/mol. The second kappa shape index (κ2) is 8.13. The predicted octanol–water partition coefficient (Wildman–Crippen LogP) is 2.87. The summed E-state index contributed by atoms with van der Waals surface area (Å²) in [6.07, 6.45) is 1.58. The van der Waals surface area contributed by atoms with E-state index in [9.17, 15) is 4.79 Å². The number of nitrogens with one attached hydrogen (secondary N) is 1. The first-order chi connectivity index (χ1) is 11.0.